The van der Waals surface area contributed by atoms with E-state index in [0.717, 1.165) is 0 Å². The number of rotatable bonds is 4. The van der Waals surface area contributed by atoms with Crippen LogP contribution in [-0.2, 0) is 9.59 Å². The van der Waals surface area contributed by atoms with Gasteiger partial charge in [0.25, 0.3) is 0 Å². The largest absolute Gasteiger partial charge is 0.481 e. The van der Waals surface area contributed by atoms with Crippen LogP contribution in [0.1, 0.15) is 27.2 Å². The Morgan fingerprint density at radius 2 is 2.21 bits per heavy atom. The lowest BCUT2D eigenvalue weighted by Crippen LogP contribution is -2.59. The summed E-state index contributed by atoms with van der Waals surface area (Å²) in [4.78, 5) is 36.0. The van der Waals surface area contributed by atoms with Gasteiger partial charge in [0.2, 0.25) is 5.91 Å². The second kappa shape index (κ2) is 5.90. The van der Waals surface area contributed by atoms with E-state index in [1.54, 1.807) is 20.8 Å². The van der Waals surface area contributed by atoms with Crippen molar-refractivity contribution in [2.45, 2.75) is 33.2 Å². The van der Waals surface area contributed by atoms with Crippen LogP contribution in [-0.4, -0.2) is 53.6 Å². The molecule has 3 amide bonds. The van der Waals surface area contributed by atoms with Crippen LogP contribution in [0.15, 0.2) is 0 Å². The number of urea groups is 1. The van der Waals surface area contributed by atoms with Crippen LogP contribution in [0.5, 0.6) is 0 Å². The Bertz CT molecular complexity index is 385. The van der Waals surface area contributed by atoms with Crippen molar-refractivity contribution in [1.82, 2.24) is 15.5 Å². The molecule has 1 aliphatic rings. The van der Waals surface area contributed by atoms with E-state index in [1.165, 1.54) is 4.90 Å². The fourth-order valence-corrected chi connectivity index (χ4v) is 1.78. The fraction of sp³-hybridized carbons (Fsp3) is 0.750. The van der Waals surface area contributed by atoms with E-state index in [1.807, 2.05) is 0 Å². The molecule has 1 saturated heterocycles. The molecule has 2 unspecified atom stereocenters. The number of nitrogens with zero attached hydrogens (tertiary/aromatic N) is 1. The minimum atomic E-state index is -0.989. The van der Waals surface area contributed by atoms with Crippen LogP contribution in [0.3, 0.4) is 0 Å². The van der Waals surface area contributed by atoms with Gasteiger partial charge in [-0.05, 0) is 20.3 Å². The van der Waals surface area contributed by atoms with Gasteiger partial charge in [-0.25, -0.2) is 4.79 Å². The minimum absolute atomic E-state index is 0.0442. The molecular formula is C12H21N3O4. The summed E-state index contributed by atoms with van der Waals surface area (Å²) in [6.45, 7) is 5.88. The van der Waals surface area contributed by atoms with Crippen molar-refractivity contribution in [2.24, 2.45) is 5.41 Å². The zero-order valence-electron chi connectivity index (χ0n) is 11.5. The average molecular weight is 271 g/mol. The maximum absolute atomic E-state index is 12.0. The highest BCUT2D eigenvalue weighted by Gasteiger charge is 2.34. The Morgan fingerprint density at radius 1 is 1.58 bits per heavy atom. The van der Waals surface area contributed by atoms with Gasteiger partial charge in [0.05, 0.1) is 5.41 Å². The third-order valence-corrected chi connectivity index (χ3v) is 3.69. The molecule has 0 radical (unpaired) electrons. The Balaban J connectivity index is 2.60. The molecule has 108 valence electrons. The number of carbonyl (C=O) groups is 3. The normalized spacial score (nSPS) is 22.4. The zero-order chi connectivity index (χ0) is 14.6. The summed E-state index contributed by atoms with van der Waals surface area (Å²) >= 11 is 0. The molecule has 0 saturated carbocycles. The summed E-state index contributed by atoms with van der Waals surface area (Å²) in [6.07, 6.45) is 0.415. The number of carboxylic acids is 1. The summed E-state index contributed by atoms with van der Waals surface area (Å²) in [5, 5.41) is 14.4. The summed E-state index contributed by atoms with van der Waals surface area (Å²) in [5.41, 5.74) is -0.989. The van der Waals surface area contributed by atoms with E-state index in [9.17, 15) is 14.4 Å². The molecule has 0 spiro atoms. The molecule has 0 aliphatic carbocycles. The Kier molecular flexibility index (Phi) is 4.74. The molecule has 1 aliphatic heterocycles. The van der Waals surface area contributed by atoms with E-state index >= 15 is 0 Å². The van der Waals surface area contributed by atoms with Gasteiger partial charge in [0.15, 0.2) is 0 Å². The van der Waals surface area contributed by atoms with Crippen molar-refractivity contribution >= 4 is 17.9 Å². The third kappa shape index (κ3) is 3.36. The molecule has 3 N–H and O–H groups in total. The average Bonchev–Trinajstić information content (AvgIpc) is 2.38. The maximum Gasteiger partial charge on any atom is 0.318 e. The summed E-state index contributed by atoms with van der Waals surface area (Å²) in [7, 11) is 0. The summed E-state index contributed by atoms with van der Waals surface area (Å²) in [5.74, 6) is -1.14. The van der Waals surface area contributed by atoms with Gasteiger partial charge >= 0.3 is 12.0 Å². The molecule has 0 bridgehead atoms. The minimum Gasteiger partial charge on any atom is -0.481 e. The molecule has 1 rings (SSSR count). The lowest BCUT2D eigenvalue weighted by Gasteiger charge is -2.34. The Hall–Kier alpha value is -1.79. The SMILES string of the molecule is CCC(C)(CNC(=O)N1CCNC(=O)C1C)C(=O)O. The van der Waals surface area contributed by atoms with E-state index < -0.39 is 23.5 Å². The van der Waals surface area contributed by atoms with E-state index in [4.69, 9.17) is 5.11 Å². The molecule has 1 heterocycles. The van der Waals surface area contributed by atoms with Crippen LogP contribution in [0.4, 0.5) is 4.79 Å². The number of nitrogens with one attached hydrogen (secondary N) is 2. The first-order chi connectivity index (χ1) is 8.81. The third-order valence-electron chi connectivity index (χ3n) is 3.69. The zero-order valence-corrected chi connectivity index (χ0v) is 11.5. The predicted molar refractivity (Wildman–Crippen MR) is 68.6 cm³/mol. The second-order valence-corrected chi connectivity index (χ2v) is 5.04. The molecule has 0 aromatic rings. The number of hydrogen-bond acceptors (Lipinski definition) is 3. The van der Waals surface area contributed by atoms with Crippen LogP contribution in [0.25, 0.3) is 0 Å². The second-order valence-electron chi connectivity index (χ2n) is 5.04. The smallest absolute Gasteiger partial charge is 0.318 e. The highest BCUT2D eigenvalue weighted by molar-refractivity contribution is 5.88. The Labute approximate surface area is 112 Å². The van der Waals surface area contributed by atoms with Crippen molar-refractivity contribution in [3.63, 3.8) is 0 Å². The van der Waals surface area contributed by atoms with Crippen LogP contribution >= 0.6 is 0 Å². The van der Waals surface area contributed by atoms with Gasteiger partial charge in [0, 0.05) is 19.6 Å². The molecule has 0 aromatic heterocycles. The van der Waals surface area contributed by atoms with Gasteiger partial charge in [0.1, 0.15) is 6.04 Å². The molecule has 7 nitrogen and oxygen atoms in total. The van der Waals surface area contributed by atoms with Gasteiger partial charge in [-0.15, -0.1) is 0 Å². The number of carbonyl (C=O) groups excluding carboxylic acids is 2. The Morgan fingerprint density at radius 3 is 2.74 bits per heavy atom. The number of carboxylic acid groups (broad SMARTS) is 1. The molecular weight excluding hydrogens is 250 g/mol. The van der Waals surface area contributed by atoms with Crippen molar-refractivity contribution in [2.75, 3.05) is 19.6 Å². The molecule has 2 atom stereocenters. The molecule has 19 heavy (non-hydrogen) atoms. The fourth-order valence-electron chi connectivity index (χ4n) is 1.78. The quantitative estimate of drug-likeness (QED) is 0.671. The monoisotopic (exact) mass is 271 g/mol. The summed E-state index contributed by atoms with van der Waals surface area (Å²) in [6, 6.07) is -0.935. The topological polar surface area (TPSA) is 98.7 Å². The predicted octanol–water partition coefficient (Wildman–Crippen LogP) is 0.0172. The number of aliphatic carboxylic acids is 1. The van der Waals surface area contributed by atoms with Crippen molar-refractivity contribution in [1.29, 1.82) is 0 Å². The van der Waals surface area contributed by atoms with E-state index in [0.29, 0.717) is 19.5 Å². The maximum atomic E-state index is 12.0. The summed E-state index contributed by atoms with van der Waals surface area (Å²) < 4.78 is 0. The highest BCUT2D eigenvalue weighted by atomic mass is 16.4. The van der Waals surface area contributed by atoms with Gasteiger partial charge in [-0.2, -0.15) is 0 Å². The van der Waals surface area contributed by atoms with Gasteiger partial charge in [-0.1, -0.05) is 6.92 Å². The van der Waals surface area contributed by atoms with Gasteiger partial charge in [-0.3, -0.25) is 9.59 Å². The first-order valence-corrected chi connectivity index (χ1v) is 6.37. The van der Waals surface area contributed by atoms with E-state index in [-0.39, 0.29) is 12.5 Å². The number of hydrogen-bond donors (Lipinski definition) is 3. The van der Waals surface area contributed by atoms with Crippen LogP contribution < -0.4 is 10.6 Å². The highest BCUT2D eigenvalue weighted by Crippen LogP contribution is 2.20. The lowest BCUT2D eigenvalue weighted by molar-refractivity contribution is -0.147. The first kappa shape index (κ1) is 15.3. The molecule has 7 heteroatoms. The van der Waals surface area contributed by atoms with Crippen LogP contribution in [0, 0.1) is 5.41 Å². The van der Waals surface area contributed by atoms with Crippen molar-refractivity contribution in [3.8, 4) is 0 Å². The van der Waals surface area contributed by atoms with Crippen molar-refractivity contribution in [3.05, 3.63) is 0 Å². The standard InChI is InChI=1S/C12H21N3O4/c1-4-12(3,10(17)18)7-14-11(19)15-6-5-13-9(16)8(15)2/h8H,4-7H2,1-3H3,(H,13,16)(H,14,19)(H,17,18). The molecule has 1 fully saturated rings. The van der Waals surface area contributed by atoms with Crippen molar-refractivity contribution < 1.29 is 19.5 Å². The number of piperazine rings is 1. The van der Waals surface area contributed by atoms with Gasteiger partial charge < -0.3 is 20.6 Å². The van der Waals surface area contributed by atoms with E-state index in [2.05, 4.69) is 10.6 Å². The number of amides is 3. The van der Waals surface area contributed by atoms with Crippen LogP contribution in [0.2, 0.25) is 0 Å². The molecule has 0 aromatic carbocycles. The first-order valence-electron chi connectivity index (χ1n) is 6.37. The lowest BCUT2D eigenvalue weighted by atomic mass is 9.88.